The predicted molar refractivity (Wildman–Crippen MR) is 72.2 cm³/mol. The molecule has 0 aliphatic rings. The molecule has 3 aromatic heterocycles. The number of hydrogen-bond donors (Lipinski definition) is 0. The fourth-order valence-electron chi connectivity index (χ4n) is 1.74. The molecule has 6 nitrogen and oxygen atoms in total. The molecule has 0 saturated carbocycles. The number of hydrogen-bond acceptors (Lipinski definition) is 6. The first-order chi connectivity index (χ1) is 9.28. The number of pyridine rings is 1. The maximum atomic E-state index is 12.2. The summed E-state index contributed by atoms with van der Waals surface area (Å²) in [7, 11) is 0. The molecule has 19 heavy (non-hydrogen) atoms. The van der Waals surface area contributed by atoms with Gasteiger partial charge in [-0.25, -0.2) is 9.97 Å². The molecule has 0 fully saturated rings. The second-order valence-corrected chi connectivity index (χ2v) is 5.14. The van der Waals surface area contributed by atoms with Crippen molar-refractivity contribution in [2.45, 2.75) is 19.9 Å². The van der Waals surface area contributed by atoms with Gasteiger partial charge in [-0.05, 0) is 18.6 Å². The standard InChI is InChI=1S/C12H11N5OS/c1-2-9-15-16-10(19-9)6-17-7-14-8-4-3-5-13-11(8)12(17)18/h3-5,7H,2,6H2,1H3. The van der Waals surface area contributed by atoms with Crippen LogP contribution in [0.1, 0.15) is 16.9 Å². The Morgan fingerprint density at radius 2 is 2.11 bits per heavy atom. The molecule has 3 aromatic rings. The molecule has 0 atom stereocenters. The van der Waals surface area contributed by atoms with Crippen molar-refractivity contribution in [2.75, 3.05) is 0 Å². The predicted octanol–water partition coefficient (Wildman–Crippen LogP) is 1.25. The molecule has 0 saturated heterocycles. The molecule has 0 aliphatic heterocycles. The number of rotatable bonds is 3. The Morgan fingerprint density at radius 3 is 2.89 bits per heavy atom. The summed E-state index contributed by atoms with van der Waals surface area (Å²) in [5.41, 5.74) is 0.833. The normalized spacial score (nSPS) is 11.0. The van der Waals surface area contributed by atoms with E-state index in [2.05, 4.69) is 20.2 Å². The summed E-state index contributed by atoms with van der Waals surface area (Å²) < 4.78 is 1.51. The SMILES string of the molecule is CCc1nnc(Cn2cnc3cccnc3c2=O)s1. The van der Waals surface area contributed by atoms with Crippen molar-refractivity contribution in [3.05, 3.63) is 45.0 Å². The fraction of sp³-hybridized carbons (Fsp3) is 0.250. The van der Waals surface area contributed by atoms with Crippen molar-refractivity contribution in [1.29, 1.82) is 0 Å². The number of aromatic nitrogens is 5. The van der Waals surface area contributed by atoms with Crippen LogP contribution in [0, 0.1) is 0 Å². The lowest BCUT2D eigenvalue weighted by atomic mass is 10.3. The average molecular weight is 273 g/mol. The van der Waals surface area contributed by atoms with Gasteiger partial charge < -0.3 is 0 Å². The highest BCUT2D eigenvalue weighted by molar-refractivity contribution is 7.11. The van der Waals surface area contributed by atoms with Gasteiger partial charge in [-0.2, -0.15) is 0 Å². The van der Waals surface area contributed by atoms with Gasteiger partial charge in [0.05, 0.1) is 18.4 Å². The maximum Gasteiger partial charge on any atom is 0.280 e. The molecular weight excluding hydrogens is 262 g/mol. The van der Waals surface area contributed by atoms with Gasteiger partial charge in [0.25, 0.3) is 5.56 Å². The zero-order valence-electron chi connectivity index (χ0n) is 10.3. The summed E-state index contributed by atoms with van der Waals surface area (Å²) in [6.45, 7) is 2.41. The van der Waals surface area contributed by atoms with Crippen LogP contribution in [0.2, 0.25) is 0 Å². The van der Waals surface area contributed by atoms with Crippen molar-refractivity contribution in [1.82, 2.24) is 24.7 Å². The van der Waals surface area contributed by atoms with Crippen molar-refractivity contribution in [2.24, 2.45) is 0 Å². The van der Waals surface area contributed by atoms with E-state index in [-0.39, 0.29) is 5.56 Å². The minimum Gasteiger partial charge on any atom is -0.290 e. The molecule has 96 valence electrons. The van der Waals surface area contributed by atoms with Gasteiger partial charge >= 0.3 is 0 Å². The zero-order chi connectivity index (χ0) is 13.2. The molecule has 0 aromatic carbocycles. The van der Waals surface area contributed by atoms with Crippen LogP contribution in [0.15, 0.2) is 29.5 Å². The fourth-order valence-corrected chi connectivity index (χ4v) is 2.52. The Bertz CT molecular complexity index is 779. The quantitative estimate of drug-likeness (QED) is 0.718. The molecular formula is C12H11N5OS. The first-order valence-electron chi connectivity index (χ1n) is 5.89. The van der Waals surface area contributed by atoms with Gasteiger partial charge in [-0.3, -0.25) is 9.36 Å². The Hall–Kier alpha value is -2.15. The summed E-state index contributed by atoms with van der Waals surface area (Å²) in [6, 6.07) is 3.53. The summed E-state index contributed by atoms with van der Waals surface area (Å²) in [5, 5.41) is 9.87. The number of nitrogens with zero attached hydrogens (tertiary/aromatic N) is 5. The lowest BCUT2D eigenvalue weighted by Gasteiger charge is -2.02. The van der Waals surface area contributed by atoms with E-state index in [9.17, 15) is 4.79 Å². The van der Waals surface area contributed by atoms with Gasteiger partial charge in [0.15, 0.2) is 5.52 Å². The molecule has 0 spiro atoms. The molecule has 0 N–H and O–H groups in total. The first kappa shape index (κ1) is 11.9. The van der Waals surface area contributed by atoms with Crippen LogP contribution in [0.5, 0.6) is 0 Å². The van der Waals surface area contributed by atoms with E-state index >= 15 is 0 Å². The largest absolute Gasteiger partial charge is 0.290 e. The van der Waals surface area contributed by atoms with Gasteiger partial charge in [-0.15, -0.1) is 10.2 Å². The maximum absolute atomic E-state index is 12.2. The van der Waals surface area contributed by atoms with Gasteiger partial charge in [0.1, 0.15) is 10.0 Å². The lowest BCUT2D eigenvalue weighted by molar-refractivity contribution is 0.730. The summed E-state index contributed by atoms with van der Waals surface area (Å²) in [4.78, 5) is 20.5. The Labute approximate surface area is 112 Å². The monoisotopic (exact) mass is 273 g/mol. The molecule has 0 bridgehead atoms. The number of aryl methyl sites for hydroxylation is 1. The summed E-state index contributed by atoms with van der Waals surface area (Å²) >= 11 is 1.51. The smallest absolute Gasteiger partial charge is 0.280 e. The minimum atomic E-state index is -0.154. The Balaban J connectivity index is 2.01. The second-order valence-electron chi connectivity index (χ2n) is 3.99. The Kier molecular flexibility index (Phi) is 3.04. The van der Waals surface area contributed by atoms with Crippen LogP contribution in [-0.2, 0) is 13.0 Å². The second kappa shape index (κ2) is 4.85. The van der Waals surface area contributed by atoms with Crippen LogP contribution in [-0.4, -0.2) is 24.7 Å². The molecule has 0 radical (unpaired) electrons. The molecule has 3 rings (SSSR count). The van der Waals surface area contributed by atoms with E-state index in [1.54, 1.807) is 18.3 Å². The van der Waals surface area contributed by atoms with Crippen LogP contribution in [0.3, 0.4) is 0 Å². The molecule has 3 heterocycles. The first-order valence-corrected chi connectivity index (χ1v) is 6.71. The molecule has 7 heteroatoms. The zero-order valence-corrected chi connectivity index (χ0v) is 11.1. The third-order valence-corrected chi connectivity index (χ3v) is 3.76. The highest BCUT2D eigenvalue weighted by Crippen LogP contribution is 2.11. The summed E-state index contributed by atoms with van der Waals surface area (Å²) in [6.07, 6.45) is 3.97. The van der Waals surface area contributed by atoms with Gasteiger partial charge in [0, 0.05) is 6.20 Å². The van der Waals surface area contributed by atoms with Gasteiger partial charge in [0.2, 0.25) is 0 Å². The molecule has 0 amide bonds. The summed E-state index contributed by atoms with van der Waals surface area (Å²) in [5.74, 6) is 0. The highest BCUT2D eigenvalue weighted by atomic mass is 32.1. The third-order valence-electron chi connectivity index (χ3n) is 2.70. The van der Waals surface area contributed by atoms with E-state index in [0.717, 1.165) is 16.4 Å². The molecule has 0 aliphatic carbocycles. The molecule has 0 unspecified atom stereocenters. The number of fused-ring (bicyclic) bond motifs is 1. The van der Waals surface area contributed by atoms with E-state index in [1.807, 2.05) is 6.92 Å². The van der Waals surface area contributed by atoms with Crippen LogP contribution >= 0.6 is 11.3 Å². The average Bonchev–Trinajstić information content (AvgIpc) is 2.90. The van der Waals surface area contributed by atoms with Gasteiger partial charge in [-0.1, -0.05) is 18.3 Å². The van der Waals surface area contributed by atoms with Crippen molar-refractivity contribution < 1.29 is 0 Å². The third kappa shape index (κ3) is 2.24. The van der Waals surface area contributed by atoms with E-state index in [1.165, 1.54) is 22.2 Å². The van der Waals surface area contributed by atoms with Crippen molar-refractivity contribution in [3.63, 3.8) is 0 Å². The van der Waals surface area contributed by atoms with E-state index in [0.29, 0.717) is 17.6 Å². The van der Waals surface area contributed by atoms with Crippen molar-refractivity contribution >= 4 is 22.4 Å². The van der Waals surface area contributed by atoms with E-state index < -0.39 is 0 Å². The van der Waals surface area contributed by atoms with Crippen LogP contribution in [0.4, 0.5) is 0 Å². The highest BCUT2D eigenvalue weighted by Gasteiger charge is 2.08. The van der Waals surface area contributed by atoms with Crippen LogP contribution in [0.25, 0.3) is 11.0 Å². The topological polar surface area (TPSA) is 73.6 Å². The van der Waals surface area contributed by atoms with Crippen molar-refractivity contribution in [3.8, 4) is 0 Å². The lowest BCUT2D eigenvalue weighted by Crippen LogP contribution is -2.21. The minimum absolute atomic E-state index is 0.154. The van der Waals surface area contributed by atoms with E-state index in [4.69, 9.17) is 0 Å². The Morgan fingerprint density at radius 1 is 1.26 bits per heavy atom. The van der Waals surface area contributed by atoms with Crippen LogP contribution < -0.4 is 5.56 Å².